The number of carbonyl (C=O) groups is 1. The van der Waals surface area contributed by atoms with Crippen LogP contribution in [0.3, 0.4) is 0 Å². The van der Waals surface area contributed by atoms with Crippen LogP contribution in [0.25, 0.3) is 0 Å². The van der Waals surface area contributed by atoms with E-state index in [9.17, 15) is 13.2 Å². The van der Waals surface area contributed by atoms with Gasteiger partial charge in [0.15, 0.2) is 0 Å². The van der Waals surface area contributed by atoms with Gasteiger partial charge in [0, 0.05) is 18.0 Å². The second-order valence-corrected chi connectivity index (χ2v) is 9.73. The van der Waals surface area contributed by atoms with Gasteiger partial charge in [-0.05, 0) is 57.0 Å². The van der Waals surface area contributed by atoms with Gasteiger partial charge < -0.3 is 10.1 Å². The standard InChI is InChI=1S/C22H29ClN2O4S/c1-16-10-12-19(13-11-16)29-15-17(2)24-22(26)9-6-14-25(30(4,27)28)21-8-5-7-20(23)18(21)3/h5,7-8,10-13,17H,6,9,14-15H2,1-4H3,(H,24,26)/t17-/m1/s1. The highest BCUT2D eigenvalue weighted by molar-refractivity contribution is 7.92. The Morgan fingerprint density at radius 1 is 1.17 bits per heavy atom. The number of ether oxygens (including phenoxy) is 1. The molecule has 0 aliphatic rings. The molecule has 2 rings (SSSR count). The maximum absolute atomic E-state index is 12.3. The van der Waals surface area contributed by atoms with Crippen LogP contribution in [0.2, 0.25) is 5.02 Å². The minimum atomic E-state index is -3.50. The number of carbonyl (C=O) groups excluding carboxylic acids is 1. The predicted molar refractivity (Wildman–Crippen MR) is 122 cm³/mol. The lowest BCUT2D eigenvalue weighted by atomic mass is 10.2. The highest BCUT2D eigenvalue weighted by Gasteiger charge is 2.20. The summed E-state index contributed by atoms with van der Waals surface area (Å²) in [5.41, 5.74) is 2.38. The Morgan fingerprint density at radius 2 is 1.83 bits per heavy atom. The average Bonchev–Trinajstić information content (AvgIpc) is 2.66. The van der Waals surface area contributed by atoms with Gasteiger partial charge in [-0.3, -0.25) is 9.10 Å². The zero-order valence-electron chi connectivity index (χ0n) is 17.8. The van der Waals surface area contributed by atoms with Crippen molar-refractivity contribution in [3.63, 3.8) is 0 Å². The van der Waals surface area contributed by atoms with Crippen LogP contribution < -0.4 is 14.4 Å². The zero-order valence-corrected chi connectivity index (χ0v) is 19.4. The number of rotatable bonds is 10. The van der Waals surface area contributed by atoms with Crippen LogP contribution in [0.5, 0.6) is 5.75 Å². The van der Waals surface area contributed by atoms with E-state index in [1.807, 2.05) is 38.1 Å². The number of hydrogen-bond donors (Lipinski definition) is 1. The largest absolute Gasteiger partial charge is 0.491 e. The SMILES string of the molecule is Cc1ccc(OC[C@@H](C)NC(=O)CCCN(c2cccc(Cl)c2C)S(C)(=O)=O)cc1. The van der Waals surface area contributed by atoms with Gasteiger partial charge in [-0.15, -0.1) is 0 Å². The number of anilines is 1. The third-order valence-corrected chi connectivity index (χ3v) is 6.19. The Labute approximate surface area is 184 Å². The van der Waals surface area contributed by atoms with Crippen molar-refractivity contribution in [1.82, 2.24) is 5.32 Å². The summed E-state index contributed by atoms with van der Waals surface area (Å²) in [6.07, 6.45) is 1.74. The fourth-order valence-electron chi connectivity index (χ4n) is 2.96. The van der Waals surface area contributed by atoms with E-state index in [2.05, 4.69) is 5.32 Å². The number of sulfonamides is 1. The molecule has 2 aromatic rings. The van der Waals surface area contributed by atoms with E-state index in [-0.39, 0.29) is 24.9 Å². The summed E-state index contributed by atoms with van der Waals surface area (Å²) in [6, 6.07) is 12.7. The van der Waals surface area contributed by atoms with Crippen molar-refractivity contribution in [2.45, 2.75) is 39.7 Å². The molecule has 1 N–H and O–H groups in total. The van der Waals surface area contributed by atoms with Crippen molar-refractivity contribution in [2.75, 3.05) is 23.7 Å². The lowest BCUT2D eigenvalue weighted by Gasteiger charge is -2.24. The zero-order chi connectivity index (χ0) is 22.3. The summed E-state index contributed by atoms with van der Waals surface area (Å²) >= 11 is 6.13. The molecule has 0 spiro atoms. The van der Waals surface area contributed by atoms with E-state index in [1.54, 1.807) is 25.1 Å². The van der Waals surface area contributed by atoms with E-state index in [1.165, 1.54) is 4.31 Å². The van der Waals surface area contributed by atoms with Crippen molar-refractivity contribution >= 4 is 33.2 Å². The maximum atomic E-state index is 12.3. The van der Waals surface area contributed by atoms with Crippen molar-refractivity contribution < 1.29 is 17.9 Å². The molecule has 6 nitrogen and oxygen atoms in total. The summed E-state index contributed by atoms with van der Waals surface area (Å²) in [5.74, 6) is 0.605. The number of hydrogen-bond acceptors (Lipinski definition) is 4. The Hall–Kier alpha value is -2.25. The molecule has 0 heterocycles. The lowest BCUT2D eigenvalue weighted by molar-refractivity contribution is -0.121. The minimum absolute atomic E-state index is 0.147. The van der Waals surface area contributed by atoms with Gasteiger partial charge >= 0.3 is 0 Å². The van der Waals surface area contributed by atoms with E-state index < -0.39 is 10.0 Å². The fourth-order valence-corrected chi connectivity index (χ4v) is 4.14. The average molecular weight is 453 g/mol. The van der Waals surface area contributed by atoms with E-state index in [0.29, 0.717) is 29.3 Å². The highest BCUT2D eigenvalue weighted by atomic mass is 35.5. The molecule has 30 heavy (non-hydrogen) atoms. The van der Waals surface area contributed by atoms with Crippen LogP contribution in [0, 0.1) is 13.8 Å². The monoisotopic (exact) mass is 452 g/mol. The Balaban J connectivity index is 1.85. The van der Waals surface area contributed by atoms with Gasteiger partial charge in [-0.1, -0.05) is 35.4 Å². The first-order valence-corrected chi connectivity index (χ1v) is 12.0. The second kappa shape index (κ2) is 10.7. The molecular formula is C22H29ClN2O4S. The molecule has 0 bridgehead atoms. The van der Waals surface area contributed by atoms with Crippen LogP contribution >= 0.6 is 11.6 Å². The van der Waals surface area contributed by atoms with Gasteiger partial charge in [0.25, 0.3) is 0 Å². The first-order valence-electron chi connectivity index (χ1n) is 9.79. The molecule has 0 unspecified atom stereocenters. The summed E-state index contributed by atoms with van der Waals surface area (Å²) in [4.78, 5) is 12.2. The molecule has 0 fully saturated rings. The van der Waals surface area contributed by atoms with Crippen LogP contribution in [0.4, 0.5) is 5.69 Å². The normalized spacial score (nSPS) is 12.3. The predicted octanol–water partition coefficient (Wildman–Crippen LogP) is 4.09. The molecule has 8 heteroatoms. The Morgan fingerprint density at radius 3 is 2.47 bits per heavy atom. The van der Waals surface area contributed by atoms with Crippen LogP contribution in [-0.2, 0) is 14.8 Å². The van der Waals surface area contributed by atoms with Crippen molar-refractivity contribution in [1.29, 1.82) is 0 Å². The maximum Gasteiger partial charge on any atom is 0.232 e. The number of benzene rings is 2. The Bertz CT molecular complexity index is 962. The van der Waals surface area contributed by atoms with E-state index in [0.717, 1.165) is 17.6 Å². The molecule has 1 atom stereocenters. The molecule has 164 valence electrons. The molecule has 0 aromatic heterocycles. The molecule has 0 radical (unpaired) electrons. The Kier molecular flexibility index (Phi) is 8.55. The van der Waals surface area contributed by atoms with Gasteiger partial charge in [-0.2, -0.15) is 0 Å². The van der Waals surface area contributed by atoms with Crippen molar-refractivity contribution in [3.05, 3.63) is 58.6 Å². The number of aryl methyl sites for hydroxylation is 1. The van der Waals surface area contributed by atoms with Crippen LogP contribution in [0.1, 0.15) is 30.9 Å². The van der Waals surface area contributed by atoms with Gasteiger partial charge in [0.1, 0.15) is 12.4 Å². The smallest absolute Gasteiger partial charge is 0.232 e. The highest BCUT2D eigenvalue weighted by Crippen LogP contribution is 2.28. The third kappa shape index (κ3) is 7.22. The van der Waals surface area contributed by atoms with Gasteiger partial charge in [-0.25, -0.2) is 8.42 Å². The molecule has 0 saturated carbocycles. The first kappa shape index (κ1) is 24.0. The number of amides is 1. The number of halogens is 1. The molecular weight excluding hydrogens is 424 g/mol. The van der Waals surface area contributed by atoms with Gasteiger partial charge in [0.05, 0.1) is 18.0 Å². The topological polar surface area (TPSA) is 75.7 Å². The number of nitrogens with zero attached hydrogens (tertiary/aromatic N) is 1. The summed E-state index contributed by atoms with van der Waals surface area (Å²) < 4.78 is 31.5. The fraction of sp³-hybridized carbons (Fsp3) is 0.409. The summed E-state index contributed by atoms with van der Waals surface area (Å²) in [7, 11) is -3.50. The van der Waals surface area contributed by atoms with Crippen molar-refractivity contribution in [2.24, 2.45) is 0 Å². The van der Waals surface area contributed by atoms with Gasteiger partial charge in [0.2, 0.25) is 15.9 Å². The third-order valence-electron chi connectivity index (χ3n) is 4.60. The molecule has 1 amide bonds. The minimum Gasteiger partial charge on any atom is -0.491 e. The van der Waals surface area contributed by atoms with E-state index >= 15 is 0 Å². The quantitative estimate of drug-likeness (QED) is 0.589. The van der Waals surface area contributed by atoms with Crippen LogP contribution in [0.15, 0.2) is 42.5 Å². The molecule has 0 aliphatic heterocycles. The second-order valence-electron chi connectivity index (χ2n) is 7.42. The lowest BCUT2D eigenvalue weighted by Crippen LogP contribution is -2.37. The molecule has 0 aliphatic carbocycles. The number of nitrogens with one attached hydrogen (secondary N) is 1. The van der Waals surface area contributed by atoms with Crippen LogP contribution in [-0.4, -0.2) is 39.8 Å². The van der Waals surface area contributed by atoms with Crippen molar-refractivity contribution in [3.8, 4) is 5.75 Å². The summed E-state index contributed by atoms with van der Waals surface area (Å²) in [6.45, 7) is 6.20. The molecule has 2 aromatic carbocycles. The summed E-state index contributed by atoms with van der Waals surface area (Å²) in [5, 5.41) is 3.38. The van der Waals surface area contributed by atoms with E-state index in [4.69, 9.17) is 16.3 Å². The molecule has 0 saturated heterocycles. The first-order chi connectivity index (χ1) is 14.1.